The van der Waals surface area contributed by atoms with Crippen LogP contribution in [0.3, 0.4) is 0 Å². The van der Waals surface area contributed by atoms with Crippen LogP contribution in [0.5, 0.6) is 0 Å². The molecule has 0 fully saturated rings. The molecule has 0 saturated heterocycles. The smallest absolute Gasteiger partial charge is 0.146 e. The first-order valence-corrected chi connectivity index (χ1v) is 5.67. The topological polar surface area (TPSA) is 63.8 Å². The highest BCUT2D eigenvalue weighted by atomic mass is 79.9. The van der Waals surface area contributed by atoms with E-state index in [1.807, 2.05) is 0 Å². The molecule has 6 heteroatoms. The first-order valence-electron chi connectivity index (χ1n) is 4.88. The van der Waals surface area contributed by atoms with Crippen LogP contribution in [0.2, 0.25) is 0 Å². The summed E-state index contributed by atoms with van der Waals surface area (Å²) in [5, 5.41) is 2.86. The summed E-state index contributed by atoms with van der Waals surface area (Å²) in [4.78, 5) is 8.06. The van der Waals surface area contributed by atoms with E-state index in [9.17, 15) is 4.39 Å². The van der Waals surface area contributed by atoms with Gasteiger partial charge in [-0.05, 0) is 25.1 Å². The van der Waals surface area contributed by atoms with Gasteiger partial charge >= 0.3 is 0 Å². The van der Waals surface area contributed by atoms with Crippen molar-refractivity contribution in [1.29, 1.82) is 0 Å². The van der Waals surface area contributed by atoms with Gasteiger partial charge in [0, 0.05) is 10.5 Å². The van der Waals surface area contributed by atoms with Gasteiger partial charge in [-0.2, -0.15) is 0 Å². The van der Waals surface area contributed by atoms with Crippen molar-refractivity contribution in [3.05, 3.63) is 40.4 Å². The Bertz CT molecular complexity index is 539. The Morgan fingerprint density at radius 1 is 1.29 bits per heavy atom. The fourth-order valence-corrected chi connectivity index (χ4v) is 1.75. The third kappa shape index (κ3) is 2.91. The number of benzene rings is 1. The Kier molecular flexibility index (Phi) is 3.23. The summed E-state index contributed by atoms with van der Waals surface area (Å²) in [5.74, 6) is 0.980. The Morgan fingerprint density at radius 2 is 2.06 bits per heavy atom. The number of nitrogens with one attached hydrogen (secondary N) is 1. The fraction of sp³-hybridized carbons (Fsp3) is 0.0909. The molecule has 0 amide bonds. The summed E-state index contributed by atoms with van der Waals surface area (Å²) >= 11 is 3.27. The average molecular weight is 297 g/mol. The molecule has 0 aliphatic carbocycles. The summed E-state index contributed by atoms with van der Waals surface area (Å²) in [5.41, 5.74) is 5.92. The molecule has 0 unspecified atom stereocenters. The molecule has 3 N–H and O–H groups in total. The standard InChI is InChI=1S/C11H10BrFN4/c1-6-15-10(14)5-11(16-6)17-9-4-7(12)2-3-8(9)13/h2-5H,1H3,(H3,14,15,16,17). The molecule has 0 atom stereocenters. The molecule has 1 aromatic heterocycles. The summed E-state index contributed by atoms with van der Waals surface area (Å²) in [6, 6.07) is 6.17. The zero-order valence-electron chi connectivity index (χ0n) is 9.04. The number of aromatic nitrogens is 2. The van der Waals surface area contributed by atoms with Gasteiger partial charge in [-0.15, -0.1) is 0 Å². The lowest BCUT2D eigenvalue weighted by atomic mass is 10.3. The van der Waals surface area contributed by atoms with Crippen molar-refractivity contribution >= 4 is 33.3 Å². The average Bonchev–Trinajstić information content (AvgIpc) is 2.22. The summed E-state index contributed by atoms with van der Waals surface area (Å²) in [6.07, 6.45) is 0. The van der Waals surface area contributed by atoms with Gasteiger partial charge in [0.05, 0.1) is 5.69 Å². The molecule has 0 saturated carbocycles. The molecular weight excluding hydrogens is 287 g/mol. The van der Waals surface area contributed by atoms with E-state index in [2.05, 4.69) is 31.2 Å². The van der Waals surface area contributed by atoms with E-state index in [0.717, 1.165) is 4.47 Å². The molecule has 0 aliphatic rings. The molecule has 0 spiro atoms. The van der Waals surface area contributed by atoms with E-state index in [1.54, 1.807) is 25.1 Å². The maximum atomic E-state index is 13.5. The predicted octanol–water partition coefficient (Wildman–Crippen LogP) is 3.01. The lowest BCUT2D eigenvalue weighted by Crippen LogP contribution is -2.01. The van der Waals surface area contributed by atoms with Crippen molar-refractivity contribution in [3.8, 4) is 0 Å². The number of aryl methyl sites for hydroxylation is 1. The van der Waals surface area contributed by atoms with E-state index >= 15 is 0 Å². The summed E-state index contributed by atoms with van der Waals surface area (Å²) in [6.45, 7) is 1.72. The minimum absolute atomic E-state index is 0.330. The van der Waals surface area contributed by atoms with Crippen molar-refractivity contribution in [2.45, 2.75) is 6.92 Å². The maximum Gasteiger partial charge on any atom is 0.146 e. The van der Waals surface area contributed by atoms with E-state index in [-0.39, 0.29) is 5.82 Å². The van der Waals surface area contributed by atoms with Crippen molar-refractivity contribution in [2.75, 3.05) is 11.1 Å². The lowest BCUT2D eigenvalue weighted by molar-refractivity contribution is 0.631. The van der Waals surface area contributed by atoms with Gasteiger partial charge in [0.1, 0.15) is 23.3 Å². The van der Waals surface area contributed by atoms with E-state index in [4.69, 9.17) is 5.73 Å². The van der Waals surface area contributed by atoms with Crippen LogP contribution in [0.4, 0.5) is 21.7 Å². The zero-order chi connectivity index (χ0) is 12.4. The monoisotopic (exact) mass is 296 g/mol. The number of nitrogens with zero attached hydrogens (tertiary/aromatic N) is 2. The second-order valence-electron chi connectivity index (χ2n) is 3.47. The van der Waals surface area contributed by atoms with Crippen LogP contribution < -0.4 is 11.1 Å². The zero-order valence-corrected chi connectivity index (χ0v) is 10.6. The third-order valence-corrected chi connectivity index (χ3v) is 2.54. The minimum atomic E-state index is -0.358. The number of anilines is 3. The highest BCUT2D eigenvalue weighted by Crippen LogP contribution is 2.23. The van der Waals surface area contributed by atoms with Crippen molar-refractivity contribution in [3.63, 3.8) is 0 Å². The van der Waals surface area contributed by atoms with Crippen molar-refractivity contribution in [2.24, 2.45) is 0 Å². The van der Waals surface area contributed by atoms with Gasteiger partial charge in [-0.1, -0.05) is 15.9 Å². The summed E-state index contributed by atoms with van der Waals surface area (Å²) in [7, 11) is 0. The van der Waals surface area contributed by atoms with Gasteiger partial charge in [0.25, 0.3) is 0 Å². The van der Waals surface area contributed by atoms with Crippen LogP contribution in [0.15, 0.2) is 28.7 Å². The number of hydrogen-bond donors (Lipinski definition) is 2. The highest BCUT2D eigenvalue weighted by Gasteiger charge is 2.05. The highest BCUT2D eigenvalue weighted by molar-refractivity contribution is 9.10. The number of nitrogen functional groups attached to an aromatic ring is 1. The molecule has 0 bridgehead atoms. The molecule has 0 radical (unpaired) electrons. The van der Waals surface area contributed by atoms with Crippen LogP contribution in [-0.2, 0) is 0 Å². The second-order valence-corrected chi connectivity index (χ2v) is 4.39. The van der Waals surface area contributed by atoms with Crippen LogP contribution in [0, 0.1) is 12.7 Å². The van der Waals surface area contributed by atoms with Gasteiger partial charge in [0.2, 0.25) is 0 Å². The number of rotatable bonds is 2. The largest absolute Gasteiger partial charge is 0.384 e. The van der Waals surface area contributed by atoms with Crippen LogP contribution in [-0.4, -0.2) is 9.97 Å². The Balaban J connectivity index is 2.34. The van der Waals surface area contributed by atoms with Crippen LogP contribution >= 0.6 is 15.9 Å². The first kappa shape index (κ1) is 11.8. The second kappa shape index (κ2) is 4.67. The molecule has 2 rings (SSSR count). The Hall–Kier alpha value is -1.69. The van der Waals surface area contributed by atoms with Gasteiger partial charge < -0.3 is 11.1 Å². The number of hydrogen-bond acceptors (Lipinski definition) is 4. The van der Waals surface area contributed by atoms with Crippen LogP contribution in [0.25, 0.3) is 0 Å². The molecule has 17 heavy (non-hydrogen) atoms. The van der Waals surface area contributed by atoms with Crippen LogP contribution in [0.1, 0.15) is 5.82 Å². The van der Waals surface area contributed by atoms with Gasteiger partial charge in [0.15, 0.2) is 0 Å². The van der Waals surface area contributed by atoms with Gasteiger partial charge in [-0.25, -0.2) is 14.4 Å². The van der Waals surface area contributed by atoms with E-state index in [0.29, 0.717) is 23.1 Å². The number of halogens is 2. The van der Waals surface area contributed by atoms with E-state index < -0.39 is 0 Å². The molecular formula is C11H10BrFN4. The van der Waals surface area contributed by atoms with Crippen molar-refractivity contribution in [1.82, 2.24) is 9.97 Å². The first-order chi connectivity index (χ1) is 8.04. The Morgan fingerprint density at radius 3 is 2.76 bits per heavy atom. The maximum absolute atomic E-state index is 13.5. The molecule has 2 aromatic rings. The molecule has 4 nitrogen and oxygen atoms in total. The van der Waals surface area contributed by atoms with Crippen molar-refractivity contribution < 1.29 is 4.39 Å². The molecule has 0 aliphatic heterocycles. The van der Waals surface area contributed by atoms with E-state index in [1.165, 1.54) is 6.07 Å². The predicted molar refractivity (Wildman–Crippen MR) is 68.6 cm³/mol. The third-order valence-electron chi connectivity index (χ3n) is 2.05. The lowest BCUT2D eigenvalue weighted by Gasteiger charge is -2.08. The Labute approximate surface area is 106 Å². The molecule has 1 heterocycles. The molecule has 88 valence electrons. The number of nitrogens with two attached hydrogens (primary N) is 1. The molecule has 1 aromatic carbocycles. The normalized spacial score (nSPS) is 10.3. The SMILES string of the molecule is Cc1nc(N)cc(Nc2cc(Br)ccc2F)n1. The fourth-order valence-electron chi connectivity index (χ4n) is 1.39. The summed E-state index contributed by atoms with van der Waals surface area (Å²) < 4.78 is 14.3. The van der Waals surface area contributed by atoms with Gasteiger partial charge in [-0.3, -0.25) is 0 Å². The minimum Gasteiger partial charge on any atom is -0.384 e. The quantitative estimate of drug-likeness (QED) is 0.894.